The van der Waals surface area contributed by atoms with E-state index in [1.165, 1.54) is 0 Å². The molecular weight excluding hydrogens is 156 g/mol. The minimum atomic E-state index is -1.55. The van der Waals surface area contributed by atoms with Crippen molar-refractivity contribution in [3.63, 3.8) is 0 Å². The van der Waals surface area contributed by atoms with Crippen LogP contribution in [0.1, 0.15) is 33.6 Å². The standard InChI is InChI=1S/C5H10OS.C4H10/c1-7(6)4-2-3-5-7;1-4(2)3/h1-5H2;4H,1-3H3. The molecule has 0 aliphatic carbocycles. The molecule has 0 amide bonds. The van der Waals surface area contributed by atoms with Gasteiger partial charge in [0.2, 0.25) is 0 Å². The summed E-state index contributed by atoms with van der Waals surface area (Å²) in [5, 5.41) is 0. The van der Waals surface area contributed by atoms with Crippen LogP contribution >= 0.6 is 0 Å². The largest absolute Gasteiger partial charge is 0.268 e. The molecule has 0 radical (unpaired) electrons. The molecule has 0 bridgehead atoms. The Labute approximate surface area is 71.2 Å². The molecule has 1 aliphatic rings. The zero-order valence-electron chi connectivity index (χ0n) is 7.93. The van der Waals surface area contributed by atoms with Gasteiger partial charge in [0.25, 0.3) is 0 Å². The Bertz CT molecular complexity index is 163. The van der Waals surface area contributed by atoms with Crippen LogP contribution in [0.3, 0.4) is 0 Å². The minimum absolute atomic E-state index is 0.833. The van der Waals surface area contributed by atoms with Crippen LogP contribution in [0.5, 0.6) is 0 Å². The van der Waals surface area contributed by atoms with Gasteiger partial charge >= 0.3 is 0 Å². The van der Waals surface area contributed by atoms with Crippen LogP contribution in [0.4, 0.5) is 0 Å². The van der Waals surface area contributed by atoms with E-state index < -0.39 is 9.52 Å². The summed E-state index contributed by atoms with van der Waals surface area (Å²) in [5.41, 5.74) is 0. The molecule has 0 atom stereocenters. The van der Waals surface area contributed by atoms with Crippen molar-refractivity contribution in [2.75, 3.05) is 11.5 Å². The van der Waals surface area contributed by atoms with Crippen LogP contribution in [0.2, 0.25) is 0 Å². The maximum Gasteiger partial charge on any atom is 0.0159 e. The average Bonchev–Trinajstić information content (AvgIpc) is 2.11. The first kappa shape index (κ1) is 11.0. The smallest absolute Gasteiger partial charge is 0.0159 e. The summed E-state index contributed by atoms with van der Waals surface area (Å²) in [5.74, 6) is 6.17. The summed E-state index contributed by atoms with van der Waals surface area (Å²) in [6, 6.07) is 0. The highest BCUT2D eigenvalue weighted by molar-refractivity contribution is 8.00. The number of hydrogen-bond acceptors (Lipinski definition) is 1. The molecule has 1 nitrogen and oxygen atoms in total. The third kappa shape index (κ3) is 7.92. The summed E-state index contributed by atoms with van der Waals surface area (Å²) in [6.45, 7) is 6.50. The van der Waals surface area contributed by atoms with Gasteiger partial charge in [0.1, 0.15) is 0 Å². The second-order valence-corrected chi connectivity index (χ2v) is 6.56. The fourth-order valence-electron chi connectivity index (χ4n) is 0.832. The van der Waals surface area contributed by atoms with Gasteiger partial charge in [-0.15, -0.1) is 0 Å². The van der Waals surface area contributed by atoms with Gasteiger partial charge in [0.05, 0.1) is 0 Å². The zero-order chi connectivity index (χ0) is 8.91. The molecule has 1 saturated heterocycles. The lowest BCUT2D eigenvalue weighted by atomic mass is 10.3. The maximum absolute atomic E-state index is 10.9. The van der Waals surface area contributed by atoms with Crippen molar-refractivity contribution in [2.45, 2.75) is 33.6 Å². The molecule has 2 heteroatoms. The first-order valence-corrected chi connectivity index (χ1v) is 6.33. The second kappa shape index (κ2) is 4.81. The Kier molecular flexibility index (Phi) is 4.82. The minimum Gasteiger partial charge on any atom is -0.268 e. The van der Waals surface area contributed by atoms with Crippen molar-refractivity contribution in [2.24, 2.45) is 5.92 Å². The molecule has 0 unspecified atom stereocenters. The molecule has 0 aromatic carbocycles. The van der Waals surface area contributed by atoms with Crippen molar-refractivity contribution >= 4 is 15.4 Å². The quantitative estimate of drug-likeness (QED) is 0.517. The lowest BCUT2D eigenvalue weighted by molar-refractivity contribution is 0.685. The van der Waals surface area contributed by atoms with Gasteiger partial charge < -0.3 is 0 Å². The summed E-state index contributed by atoms with van der Waals surface area (Å²) >= 11 is 0. The van der Waals surface area contributed by atoms with Gasteiger partial charge in [-0.05, 0) is 34.2 Å². The third-order valence-electron chi connectivity index (χ3n) is 1.28. The molecule has 0 aromatic rings. The lowest BCUT2D eigenvalue weighted by Gasteiger charge is -1.89. The molecule has 11 heavy (non-hydrogen) atoms. The summed E-state index contributed by atoms with van der Waals surface area (Å²) in [4.78, 5) is 0. The predicted octanol–water partition coefficient (Wildman–Crippen LogP) is 2.16. The Hall–Kier alpha value is 0.0200. The van der Waals surface area contributed by atoms with E-state index in [0.29, 0.717) is 0 Å². The molecule has 1 fully saturated rings. The SMILES string of the molecule is C=S1(=O)CCCC1.CC(C)C. The van der Waals surface area contributed by atoms with Gasteiger partial charge in [-0.25, -0.2) is 0 Å². The van der Waals surface area contributed by atoms with E-state index in [4.69, 9.17) is 0 Å². The van der Waals surface area contributed by atoms with Crippen molar-refractivity contribution < 1.29 is 4.21 Å². The Balaban J connectivity index is 0.000000218. The Morgan fingerprint density at radius 3 is 1.55 bits per heavy atom. The molecule has 1 heterocycles. The van der Waals surface area contributed by atoms with Crippen LogP contribution in [-0.4, -0.2) is 21.6 Å². The van der Waals surface area contributed by atoms with Gasteiger partial charge in [-0.2, -0.15) is 0 Å². The maximum atomic E-state index is 10.9. The van der Waals surface area contributed by atoms with E-state index in [9.17, 15) is 4.21 Å². The molecule has 0 aromatic heterocycles. The van der Waals surface area contributed by atoms with Gasteiger partial charge in [-0.3, -0.25) is 4.21 Å². The van der Waals surface area contributed by atoms with E-state index in [0.717, 1.165) is 30.3 Å². The first-order valence-electron chi connectivity index (χ1n) is 4.26. The monoisotopic (exact) mass is 176 g/mol. The van der Waals surface area contributed by atoms with Crippen LogP contribution in [0, 0.1) is 5.92 Å². The fourth-order valence-corrected chi connectivity index (χ4v) is 2.50. The van der Waals surface area contributed by atoms with E-state index >= 15 is 0 Å². The molecule has 1 rings (SSSR count). The van der Waals surface area contributed by atoms with Crippen LogP contribution in [0.15, 0.2) is 0 Å². The van der Waals surface area contributed by atoms with Crippen molar-refractivity contribution in [3.05, 3.63) is 0 Å². The zero-order valence-corrected chi connectivity index (χ0v) is 8.75. The fraction of sp³-hybridized carbons (Fsp3) is 0.889. The van der Waals surface area contributed by atoms with Crippen LogP contribution < -0.4 is 0 Å². The molecular formula is C9H20OS. The average molecular weight is 176 g/mol. The highest BCUT2D eigenvalue weighted by Gasteiger charge is 2.09. The van der Waals surface area contributed by atoms with Crippen molar-refractivity contribution in [3.8, 4) is 0 Å². The van der Waals surface area contributed by atoms with E-state index in [-0.39, 0.29) is 0 Å². The predicted molar refractivity (Wildman–Crippen MR) is 54.7 cm³/mol. The highest BCUT2D eigenvalue weighted by Crippen LogP contribution is 2.08. The van der Waals surface area contributed by atoms with Crippen molar-refractivity contribution in [1.82, 2.24) is 0 Å². The second-order valence-electron chi connectivity index (χ2n) is 3.81. The summed E-state index contributed by atoms with van der Waals surface area (Å²) in [7, 11) is -1.55. The van der Waals surface area contributed by atoms with E-state index in [2.05, 4.69) is 26.6 Å². The number of rotatable bonds is 0. The summed E-state index contributed by atoms with van der Waals surface area (Å²) in [6.07, 6.45) is 2.25. The number of hydrogen-bond donors (Lipinski definition) is 0. The third-order valence-corrected chi connectivity index (χ3v) is 3.35. The highest BCUT2D eigenvalue weighted by atomic mass is 32.2. The van der Waals surface area contributed by atoms with Crippen LogP contribution in [-0.2, 0) is 9.52 Å². The summed E-state index contributed by atoms with van der Waals surface area (Å²) < 4.78 is 10.9. The van der Waals surface area contributed by atoms with Crippen LogP contribution in [0.25, 0.3) is 0 Å². The van der Waals surface area contributed by atoms with E-state index in [1.54, 1.807) is 0 Å². The molecule has 0 N–H and O–H groups in total. The Morgan fingerprint density at radius 2 is 1.45 bits per heavy atom. The van der Waals surface area contributed by atoms with Gasteiger partial charge in [-0.1, -0.05) is 20.8 Å². The topological polar surface area (TPSA) is 17.1 Å². The molecule has 0 spiro atoms. The van der Waals surface area contributed by atoms with Gasteiger partial charge in [0, 0.05) is 11.5 Å². The molecule has 0 saturated carbocycles. The molecule has 1 aliphatic heterocycles. The Morgan fingerprint density at radius 1 is 1.18 bits per heavy atom. The first-order chi connectivity index (χ1) is 4.94. The molecule has 68 valence electrons. The normalized spacial score (nSPS) is 21.1. The van der Waals surface area contributed by atoms with Gasteiger partial charge in [0.15, 0.2) is 0 Å². The lowest BCUT2D eigenvalue weighted by Crippen LogP contribution is -1.98. The van der Waals surface area contributed by atoms with E-state index in [1.807, 2.05) is 0 Å². The van der Waals surface area contributed by atoms with Crippen molar-refractivity contribution in [1.29, 1.82) is 0 Å².